The second-order valence-electron chi connectivity index (χ2n) is 7.26. The zero-order valence-corrected chi connectivity index (χ0v) is 16.5. The summed E-state index contributed by atoms with van der Waals surface area (Å²) in [4.78, 5) is 29.1. The molecule has 0 spiro atoms. The number of nitrogens with zero attached hydrogens (tertiary/aromatic N) is 2. The van der Waals surface area contributed by atoms with E-state index in [-0.39, 0.29) is 11.8 Å². The lowest BCUT2D eigenvalue weighted by molar-refractivity contribution is -0.131. The molecule has 148 valence electrons. The van der Waals surface area contributed by atoms with Crippen molar-refractivity contribution in [2.45, 2.75) is 6.42 Å². The summed E-state index contributed by atoms with van der Waals surface area (Å²) in [6.45, 7) is 2.20. The zero-order chi connectivity index (χ0) is 20.2. The lowest BCUT2D eigenvalue weighted by atomic mass is 10.0. The predicted octanol–water partition coefficient (Wildman–Crippen LogP) is 3.38. The topological polar surface area (TPSA) is 49.9 Å². The zero-order valence-electron chi connectivity index (χ0n) is 16.5. The maximum Gasteiger partial charge on any atom is 0.254 e. The van der Waals surface area contributed by atoms with E-state index in [0.717, 1.165) is 10.9 Å². The van der Waals surface area contributed by atoms with Gasteiger partial charge in [0, 0.05) is 31.7 Å². The molecule has 5 nitrogen and oxygen atoms in total. The molecular formula is C24H24N2O3. The smallest absolute Gasteiger partial charge is 0.254 e. The van der Waals surface area contributed by atoms with Crippen LogP contribution in [-0.4, -0.2) is 54.9 Å². The summed E-state index contributed by atoms with van der Waals surface area (Å²) in [6.07, 6.45) is 0.384. The summed E-state index contributed by atoms with van der Waals surface area (Å²) in [5, 5.41) is 2.32. The van der Waals surface area contributed by atoms with E-state index in [1.807, 2.05) is 35.2 Å². The molecule has 0 bridgehead atoms. The molecule has 3 aromatic rings. The SMILES string of the molecule is COc1cccc(C(=O)N2CCN(C(=O)Cc3ccc4ccccc4c3)CC2)c1. The fraction of sp³-hybridized carbons (Fsp3) is 0.250. The van der Waals surface area contributed by atoms with E-state index in [9.17, 15) is 9.59 Å². The summed E-state index contributed by atoms with van der Waals surface area (Å²) in [6, 6.07) is 21.5. The molecule has 1 heterocycles. The molecule has 5 heteroatoms. The summed E-state index contributed by atoms with van der Waals surface area (Å²) in [5.41, 5.74) is 1.63. The van der Waals surface area contributed by atoms with Crippen molar-refractivity contribution in [2.75, 3.05) is 33.3 Å². The number of ether oxygens (including phenoxy) is 1. The molecule has 1 aliphatic heterocycles. The van der Waals surface area contributed by atoms with Crippen molar-refractivity contribution in [3.8, 4) is 5.75 Å². The largest absolute Gasteiger partial charge is 0.497 e. The van der Waals surface area contributed by atoms with Crippen molar-refractivity contribution >= 4 is 22.6 Å². The van der Waals surface area contributed by atoms with Crippen molar-refractivity contribution in [1.29, 1.82) is 0 Å². The van der Waals surface area contributed by atoms with Gasteiger partial charge in [-0.3, -0.25) is 9.59 Å². The van der Waals surface area contributed by atoms with Gasteiger partial charge in [-0.2, -0.15) is 0 Å². The normalized spacial score (nSPS) is 14.1. The molecule has 29 heavy (non-hydrogen) atoms. The van der Waals surface area contributed by atoms with Crippen LogP contribution < -0.4 is 4.74 Å². The molecular weight excluding hydrogens is 364 g/mol. The summed E-state index contributed by atoms with van der Waals surface area (Å²) in [7, 11) is 1.59. The van der Waals surface area contributed by atoms with Gasteiger partial charge in [0.2, 0.25) is 5.91 Å². The van der Waals surface area contributed by atoms with Crippen LogP contribution in [0.4, 0.5) is 0 Å². The predicted molar refractivity (Wildman–Crippen MR) is 113 cm³/mol. The molecule has 0 N–H and O–H groups in total. The minimum absolute atomic E-state index is 0.0227. The van der Waals surface area contributed by atoms with E-state index in [1.54, 1.807) is 24.1 Å². The molecule has 0 aliphatic carbocycles. The molecule has 0 radical (unpaired) electrons. The van der Waals surface area contributed by atoms with Crippen LogP contribution in [0.25, 0.3) is 10.8 Å². The van der Waals surface area contributed by atoms with Gasteiger partial charge in [-0.15, -0.1) is 0 Å². The molecule has 3 aromatic carbocycles. The Labute approximate surface area is 170 Å². The molecule has 1 saturated heterocycles. The minimum Gasteiger partial charge on any atom is -0.497 e. The number of methoxy groups -OCH3 is 1. The Morgan fingerprint density at radius 2 is 1.55 bits per heavy atom. The van der Waals surface area contributed by atoms with Crippen LogP contribution in [0, 0.1) is 0 Å². The number of hydrogen-bond acceptors (Lipinski definition) is 3. The Balaban J connectivity index is 1.35. The van der Waals surface area contributed by atoms with Gasteiger partial charge < -0.3 is 14.5 Å². The minimum atomic E-state index is -0.0227. The van der Waals surface area contributed by atoms with Crippen molar-refractivity contribution < 1.29 is 14.3 Å². The van der Waals surface area contributed by atoms with Gasteiger partial charge in [0.15, 0.2) is 0 Å². The van der Waals surface area contributed by atoms with Crippen molar-refractivity contribution in [2.24, 2.45) is 0 Å². The molecule has 4 rings (SSSR count). The molecule has 0 saturated carbocycles. The average Bonchev–Trinajstić information content (AvgIpc) is 2.78. The number of carbonyl (C=O) groups excluding carboxylic acids is 2. The molecule has 0 aromatic heterocycles. The second kappa shape index (κ2) is 8.35. The van der Waals surface area contributed by atoms with Crippen LogP contribution >= 0.6 is 0 Å². The van der Waals surface area contributed by atoms with Crippen molar-refractivity contribution in [3.05, 3.63) is 77.9 Å². The monoisotopic (exact) mass is 388 g/mol. The third-order valence-corrected chi connectivity index (χ3v) is 5.41. The van der Waals surface area contributed by atoms with Gasteiger partial charge in [0.1, 0.15) is 5.75 Å². The Hall–Kier alpha value is -3.34. The van der Waals surface area contributed by atoms with Crippen LogP contribution in [0.5, 0.6) is 5.75 Å². The van der Waals surface area contributed by atoms with Crippen LogP contribution in [0.3, 0.4) is 0 Å². The third kappa shape index (κ3) is 4.24. The van der Waals surface area contributed by atoms with Gasteiger partial charge in [0.05, 0.1) is 13.5 Å². The first kappa shape index (κ1) is 19.0. The average molecular weight is 388 g/mol. The van der Waals surface area contributed by atoms with E-state index >= 15 is 0 Å². The first-order valence-corrected chi connectivity index (χ1v) is 9.83. The second-order valence-corrected chi connectivity index (χ2v) is 7.26. The van der Waals surface area contributed by atoms with Gasteiger partial charge in [-0.1, -0.05) is 48.5 Å². The number of rotatable bonds is 4. The summed E-state index contributed by atoms with van der Waals surface area (Å²) < 4.78 is 5.20. The van der Waals surface area contributed by atoms with Crippen molar-refractivity contribution in [1.82, 2.24) is 9.80 Å². The van der Waals surface area contributed by atoms with Gasteiger partial charge in [-0.25, -0.2) is 0 Å². The quantitative estimate of drug-likeness (QED) is 0.689. The standard InChI is InChI=1S/C24H24N2O3/c1-29-22-8-4-7-21(17-22)24(28)26-13-11-25(12-14-26)23(27)16-18-9-10-19-5-2-3-6-20(19)15-18/h2-10,15,17H,11-14,16H2,1H3. The molecule has 1 aliphatic rings. The third-order valence-electron chi connectivity index (χ3n) is 5.41. The highest BCUT2D eigenvalue weighted by molar-refractivity contribution is 5.95. The van der Waals surface area contributed by atoms with E-state index in [1.165, 1.54) is 5.39 Å². The molecule has 0 unspecified atom stereocenters. The van der Waals surface area contributed by atoms with E-state index in [2.05, 4.69) is 24.3 Å². The van der Waals surface area contributed by atoms with Crippen LogP contribution in [0.2, 0.25) is 0 Å². The molecule has 1 fully saturated rings. The lowest BCUT2D eigenvalue weighted by Gasteiger charge is -2.35. The fourth-order valence-corrected chi connectivity index (χ4v) is 3.73. The van der Waals surface area contributed by atoms with Crippen LogP contribution in [-0.2, 0) is 11.2 Å². The highest BCUT2D eigenvalue weighted by Crippen LogP contribution is 2.18. The molecule has 0 atom stereocenters. The number of carbonyl (C=O) groups is 2. The highest BCUT2D eigenvalue weighted by Gasteiger charge is 2.25. The maximum absolute atomic E-state index is 12.7. The van der Waals surface area contributed by atoms with E-state index < -0.39 is 0 Å². The Morgan fingerprint density at radius 1 is 0.828 bits per heavy atom. The van der Waals surface area contributed by atoms with Crippen LogP contribution in [0.15, 0.2) is 66.7 Å². The van der Waals surface area contributed by atoms with E-state index in [4.69, 9.17) is 4.74 Å². The van der Waals surface area contributed by atoms with Gasteiger partial charge >= 0.3 is 0 Å². The fourth-order valence-electron chi connectivity index (χ4n) is 3.73. The first-order chi connectivity index (χ1) is 14.1. The lowest BCUT2D eigenvalue weighted by Crippen LogP contribution is -2.51. The highest BCUT2D eigenvalue weighted by atomic mass is 16.5. The van der Waals surface area contributed by atoms with E-state index in [0.29, 0.717) is 43.9 Å². The summed E-state index contributed by atoms with van der Waals surface area (Å²) >= 11 is 0. The van der Waals surface area contributed by atoms with Crippen LogP contribution in [0.1, 0.15) is 15.9 Å². The maximum atomic E-state index is 12.7. The number of amides is 2. The van der Waals surface area contributed by atoms with Gasteiger partial charge in [0.25, 0.3) is 5.91 Å². The number of hydrogen-bond donors (Lipinski definition) is 0. The van der Waals surface area contributed by atoms with Crippen molar-refractivity contribution in [3.63, 3.8) is 0 Å². The summed E-state index contributed by atoms with van der Waals surface area (Å²) in [5.74, 6) is 0.749. The number of fused-ring (bicyclic) bond motifs is 1. The Kier molecular flexibility index (Phi) is 5.47. The first-order valence-electron chi connectivity index (χ1n) is 9.83. The number of benzene rings is 3. The Morgan fingerprint density at radius 3 is 2.31 bits per heavy atom. The Bertz CT molecular complexity index is 1040. The number of piperazine rings is 1. The van der Waals surface area contributed by atoms with Gasteiger partial charge in [-0.05, 0) is 34.5 Å². The molecule has 2 amide bonds.